The molecule has 0 aromatic carbocycles. The summed E-state index contributed by atoms with van der Waals surface area (Å²) in [6, 6.07) is 0. The van der Waals surface area contributed by atoms with Crippen molar-refractivity contribution in [1.29, 1.82) is 0 Å². The van der Waals surface area contributed by atoms with Gasteiger partial charge in [0.25, 0.3) is 0 Å². The van der Waals surface area contributed by atoms with Crippen LogP contribution in [0.3, 0.4) is 0 Å². The van der Waals surface area contributed by atoms with E-state index in [1.807, 2.05) is 0 Å². The van der Waals surface area contributed by atoms with Crippen molar-refractivity contribution in [2.45, 2.75) is 223 Å². The molecule has 67 heavy (non-hydrogen) atoms. The molecule has 25 atom stereocenters. The minimum Gasteiger partial charge on any atom is -0.394 e. The third-order valence-corrected chi connectivity index (χ3v) is 18.7. The first-order chi connectivity index (χ1) is 31.2. The average Bonchev–Trinajstić information content (AvgIpc) is 3.54. The van der Waals surface area contributed by atoms with E-state index in [0.717, 1.165) is 25.7 Å². The van der Waals surface area contributed by atoms with Gasteiger partial charge in [-0.05, 0) is 99.7 Å². The summed E-state index contributed by atoms with van der Waals surface area (Å²) in [7, 11) is 0. The lowest BCUT2D eigenvalue weighted by Crippen LogP contribution is -2.65. The summed E-state index contributed by atoms with van der Waals surface area (Å²) in [4.78, 5) is 0. The largest absolute Gasteiger partial charge is 0.394 e. The van der Waals surface area contributed by atoms with Crippen LogP contribution in [0.4, 0.5) is 0 Å². The Bertz CT molecular complexity index is 1710. The molecule has 388 valence electrons. The first-order valence-corrected chi connectivity index (χ1v) is 24.5. The summed E-state index contributed by atoms with van der Waals surface area (Å²) in [5, 5.41) is 138. The van der Waals surface area contributed by atoms with Gasteiger partial charge >= 0.3 is 0 Å². The lowest BCUT2D eigenvalue weighted by molar-refractivity contribution is -0.341. The van der Waals surface area contributed by atoms with E-state index >= 15 is 0 Å². The molecule has 19 heteroatoms. The van der Waals surface area contributed by atoms with Gasteiger partial charge in [0, 0.05) is 10.8 Å². The summed E-state index contributed by atoms with van der Waals surface area (Å²) in [6.07, 6.45) is -16.7. The van der Waals surface area contributed by atoms with Gasteiger partial charge in [0.2, 0.25) is 0 Å². The van der Waals surface area contributed by atoms with Crippen LogP contribution < -0.4 is 0 Å². The number of aliphatic hydroxyl groups is 13. The zero-order chi connectivity index (χ0) is 49.5. The topological polar surface area (TPSA) is 318 Å². The Morgan fingerprint density at radius 1 is 0.672 bits per heavy atom. The second kappa shape index (κ2) is 19.8. The number of fused-ring (bicyclic) bond motifs is 5. The highest BCUT2D eigenvalue weighted by atomic mass is 16.7. The molecule has 0 aromatic rings. The van der Waals surface area contributed by atoms with Crippen LogP contribution >= 0.6 is 0 Å². The molecule has 0 aromatic heterocycles. The fourth-order valence-corrected chi connectivity index (χ4v) is 14.2. The molecule has 0 spiro atoms. The fourth-order valence-electron chi connectivity index (χ4n) is 14.2. The molecular formula is C48H82O19. The molecule has 13 N–H and O–H groups in total. The van der Waals surface area contributed by atoms with Crippen molar-refractivity contribution in [2.75, 3.05) is 19.8 Å². The van der Waals surface area contributed by atoms with Gasteiger partial charge in [0.15, 0.2) is 18.9 Å². The Labute approximate surface area is 393 Å². The van der Waals surface area contributed by atoms with Crippen LogP contribution in [-0.2, 0) is 28.4 Å². The molecule has 7 rings (SSSR count). The van der Waals surface area contributed by atoms with Gasteiger partial charge in [-0.1, -0.05) is 53.2 Å². The van der Waals surface area contributed by atoms with E-state index in [2.05, 4.69) is 47.6 Å². The number of ether oxygens (including phenoxy) is 6. The maximum absolute atomic E-state index is 12.6. The minimum atomic E-state index is -1.75. The van der Waals surface area contributed by atoms with Gasteiger partial charge in [0.1, 0.15) is 73.2 Å². The van der Waals surface area contributed by atoms with Gasteiger partial charge in [-0.3, -0.25) is 0 Å². The van der Waals surface area contributed by atoms with Crippen LogP contribution in [0.5, 0.6) is 0 Å². The predicted octanol–water partition coefficient (Wildman–Crippen LogP) is -1.06. The van der Waals surface area contributed by atoms with Crippen LogP contribution in [0.1, 0.15) is 107 Å². The lowest BCUT2D eigenvalue weighted by atomic mass is 9.38. The van der Waals surface area contributed by atoms with Crippen molar-refractivity contribution in [3.8, 4) is 0 Å². The average molecular weight is 963 g/mol. The molecule has 0 amide bonds. The second-order valence-electron chi connectivity index (χ2n) is 23.1. The van der Waals surface area contributed by atoms with Crippen molar-refractivity contribution in [3.05, 3.63) is 11.6 Å². The molecule has 6 fully saturated rings. The maximum atomic E-state index is 12.6. The number of hydrogen-bond acceptors (Lipinski definition) is 19. The molecule has 4 aliphatic carbocycles. The Balaban J connectivity index is 1.01. The van der Waals surface area contributed by atoms with Gasteiger partial charge < -0.3 is 94.8 Å². The van der Waals surface area contributed by atoms with Crippen LogP contribution in [0.15, 0.2) is 11.6 Å². The molecule has 3 saturated carbocycles. The summed E-state index contributed by atoms with van der Waals surface area (Å²) in [5.74, 6) is 0.547. The Morgan fingerprint density at radius 2 is 1.21 bits per heavy atom. The number of hydrogen-bond donors (Lipinski definition) is 13. The minimum absolute atomic E-state index is 0.0596. The highest BCUT2D eigenvalue weighted by Crippen LogP contribution is 2.75. The van der Waals surface area contributed by atoms with E-state index in [1.54, 1.807) is 13.8 Å². The molecule has 3 heterocycles. The molecule has 1 unspecified atom stereocenters. The number of aliphatic hydroxyl groups excluding tert-OH is 12. The van der Waals surface area contributed by atoms with Gasteiger partial charge in [0.05, 0.1) is 43.7 Å². The molecule has 0 bridgehead atoms. The third-order valence-electron chi connectivity index (χ3n) is 18.7. The molecule has 7 aliphatic rings. The number of rotatable bonds is 14. The Kier molecular flexibility index (Phi) is 15.9. The van der Waals surface area contributed by atoms with Crippen molar-refractivity contribution in [3.63, 3.8) is 0 Å². The van der Waals surface area contributed by atoms with E-state index in [4.69, 9.17) is 28.4 Å². The van der Waals surface area contributed by atoms with E-state index in [0.29, 0.717) is 25.7 Å². The highest BCUT2D eigenvalue weighted by Gasteiger charge is 2.70. The van der Waals surface area contributed by atoms with Gasteiger partial charge in [-0.15, -0.1) is 0 Å². The van der Waals surface area contributed by atoms with E-state index < -0.39 is 147 Å². The summed E-state index contributed by atoms with van der Waals surface area (Å²) in [6.45, 7) is 14.8. The summed E-state index contributed by atoms with van der Waals surface area (Å²) in [5.41, 5.74) is -1.60. The van der Waals surface area contributed by atoms with Crippen LogP contribution in [-0.4, -0.2) is 202 Å². The van der Waals surface area contributed by atoms with E-state index in [-0.39, 0.29) is 34.5 Å². The Morgan fingerprint density at radius 3 is 1.79 bits per heavy atom. The number of allylic oxidation sites excluding steroid dienone is 1. The van der Waals surface area contributed by atoms with E-state index in [9.17, 15) is 66.4 Å². The quantitative estimate of drug-likeness (QED) is 0.0924. The second-order valence-corrected chi connectivity index (χ2v) is 23.1. The van der Waals surface area contributed by atoms with E-state index in [1.165, 1.54) is 5.57 Å². The SMILES string of the molecule is C[C@H](CC[C@@H](O[C@@H]1O[C@H](CO[C@@H]2O[C@H](CO)[C@@H](O)[C@H](O)[C@H]2O)[C@@H](O)[C@H](O)[C@H]1O)C(C)(C)O)[C@H]1CC[C@@]2(C)[C@@H]3CC=C4C(CC[C@H](O[C@@H]5O[C@H](CO)[C@@H](O)[C@H](O)[C@H]5O)C4(C)C)[C@]3(C)[C@H](O)C[C@]12C. The molecular weight excluding hydrogens is 881 g/mol. The van der Waals surface area contributed by atoms with Crippen molar-refractivity contribution in [1.82, 2.24) is 0 Å². The standard InChI is InChI=1S/C48H82O19/c1-21(9-13-31(45(4,5)61)67-43-40(60)37(57)34(54)27(65-43)20-62-41-38(58)35(55)32(52)25(18-49)63-41)22-15-16-46(6)28-12-10-23-24(48(28,8)29(51)17-47(22,46)7)11-14-30(44(23,2)3)66-42-39(59)36(56)33(53)26(19-50)64-42/h10,21-22,24-43,49-61H,9,11-20H2,1-8H3/t21-,22-,24?,25-,26-,27-,28+,29-,30+,31-,32-,33-,34-,35+,36+,37+,38-,39-,40-,41-,42+,43+,46+,47-,48+/m1/s1. The normalized spacial score (nSPS) is 51.0. The lowest BCUT2D eigenvalue weighted by Gasteiger charge is -2.67. The van der Waals surface area contributed by atoms with Gasteiger partial charge in [-0.2, -0.15) is 0 Å². The first-order valence-electron chi connectivity index (χ1n) is 24.5. The van der Waals surface area contributed by atoms with Crippen LogP contribution in [0.2, 0.25) is 0 Å². The molecule has 3 saturated heterocycles. The first kappa shape index (κ1) is 53.8. The van der Waals surface area contributed by atoms with Crippen molar-refractivity contribution in [2.24, 2.45) is 45.3 Å². The van der Waals surface area contributed by atoms with Crippen molar-refractivity contribution < 1.29 is 94.8 Å². The smallest absolute Gasteiger partial charge is 0.187 e. The van der Waals surface area contributed by atoms with Crippen LogP contribution in [0.25, 0.3) is 0 Å². The predicted molar refractivity (Wildman–Crippen MR) is 235 cm³/mol. The Hall–Kier alpha value is -1.02. The summed E-state index contributed by atoms with van der Waals surface area (Å²) >= 11 is 0. The fraction of sp³-hybridized carbons (Fsp3) is 0.958. The highest BCUT2D eigenvalue weighted by molar-refractivity contribution is 5.32. The van der Waals surface area contributed by atoms with Crippen molar-refractivity contribution >= 4 is 0 Å². The van der Waals surface area contributed by atoms with Gasteiger partial charge in [-0.25, -0.2) is 0 Å². The maximum Gasteiger partial charge on any atom is 0.187 e. The van der Waals surface area contributed by atoms with Crippen LogP contribution in [0, 0.1) is 45.3 Å². The molecule has 0 radical (unpaired) electrons. The zero-order valence-electron chi connectivity index (χ0n) is 40.3. The molecule has 3 aliphatic heterocycles. The summed E-state index contributed by atoms with van der Waals surface area (Å²) < 4.78 is 35.3. The zero-order valence-corrected chi connectivity index (χ0v) is 40.3. The monoisotopic (exact) mass is 963 g/mol. The third kappa shape index (κ3) is 9.24. The molecule has 19 nitrogen and oxygen atoms in total.